The molecule has 2 atom stereocenters. The van der Waals surface area contributed by atoms with Crippen molar-refractivity contribution >= 4 is 0 Å². The summed E-state index contributed by atoms with van der Waals surface area (Å²) < 4.78 is 0. The number of benzene rings is 2. The van der Waals surface area contributed by atoms with Crippen LogP contribution >= 0.6 is 0 Å². The second kappa shape index (κ2) is 4.75. The van der Waals surface area contributed by atoms with Crippen molar-refractivity contribution in [3.63, 3.8) is 0 Å². The average molecular weight is 220 g/mol. The lowest BCUT2D eigenvalue weighted by Gasteiger charge is -2.19. The molecular formula is C17H16. The first-order valence-electron chi connectivity index (χ1n) is 6.38. The summed E-state index contributed by atoms with van der Waals surface area (Å²) in [6.45, 7) is 0. The maximum atomic E-state index is 3.40. The van der Waals surface area contributed by atoms with Crippen LogP contribution in [0.4, 0.5) is 0 Å². The Labute approximate surface area is 103 Å². The normalized spacial score (nSPS) is 23.8. The molecule has 0 nitrogen and oxygen atoms in total. The van der Waals surface area contributed by atoms with Crippen LogP contribution < -0.4 is 0 Å². The standard InChI is InChI=1S/C17H16/c1-3-8-14(9-4-1)16-12-7-13-17(16)15-10-5-2-6-11-15/h1-6,8,10,16-17H,7,12-13H2. The molecule has 1 saturated carbocycles. The minimum Gasteiger partial charge on any atom is -0.0619 e. The van der Waals surface area contributed by atoms with Gasteiger partial charge in [0.2, 0.25) is 0 Å². The summed E-state index contributed by atoms with van der Waals surface area (Å²) in [5.74, 6) is 1.27. The third-order valence-corrected chi connectivity index (χ3v) is 3.78. The molecule has 2 aromatic carbocycles. The summed E-state index contributed by atoms with van der Waals surface area (Å²) in [7, 11) is 0. The summed E-state index contributed by atoms with van der Waals surface area (Å²) in [6, 6.07) is 23.6. The predicted octanol–water partition coefficient (Wildman–Crippen LogP) is 4.34. The summed E-state index contributed by atoms with van der Waals surface area (Å²) in [6.07, 6.45) is 3.89. The smallest absolute Gasteiger partial charge is 0.00867 e. The Bertz CT molecular complexity index is 412. The zero-order valence-electron chi connectivity index (χ0n) is 9.89. The Morgan fingerprint density at radius 2 is 1.29 bits per heavy atom. The molecular weight excluding hydrogens is 204 g/mol. The highest BCUT2D eigenvalue weighted by molar-refractivity contribution is 5.28. The molecule has 17 heavy (non-hydrogen) atoms. The average Bonchev–Trinajstić information content (AvgIpc) is 2.90. The molecule has 0 aliphatic heterocycles. The van der Waals surface area contributed by atoms with E-state index in [0.717, 1.165) is 0 Å². The molecule has 2 aromatic rings. The molecule has 0 N–H and O–H groups in total. The minimum absolute atomic E-state index is 0.634. The highest BCUT2D eigenvalue weighted by Gasteiger charge is 2.29. The quantitative estimate of drug-likeness (QED) is 0.706. The molecule has 0 heteroatoms. The summed E-state index contributed by atoms with van der Waals surface area (Å²) in [4.78, 5) is 0. The van der Waals surface area contributed by atoms with Crippen molar-refractivity contribution in [1.29, 1.82) is 0 Å². The van der Waals surface area contributed by atoms with Gasteiger partial charge in [-0.25, -0.2) is 0 Å². The number of rotatable bonds is 2. The van der Waals surface area contributed by atoms with E-state index in [0.29, 0.717) is 11.8 Å². The fourth-order valence-corrected chi connectivity index (χ4v) is 2.98. The van der Waals surface area contributed by atoms with Gasteiger partial charge in [-0.3, -0.25) is 0 Å². The molecule has 2 radical (unpaired) electrons. The monoisotopic (exact) mass is 220 g/mol. The first-order valence-corrected chi connectivity index (χ1v) is 6.38. The van der Waals surface area contributed by atoms with Gasteiger partial charge in [0.15, 0.2) is 0 Å². The van der Waals surface area contributed by atoms with Crippen molar-refractivity contribution in [2.24, 2.45) is 0 Å². The van der Waals surface area contributed by atoms with Crippen LogP contribution in [0, 0.1) is 12.1 Å². The summed E-state index contributed by atoms with van der Waals surface area (Å²) in [5.41, 5.74) is 2.74. The van der Waals surface area contributed by atoms with Crippen LogP contribution in [0.5, 0.6) is 0 Å². The van der Waals surface area contributed by atoms with Gasteiger partial charge < -0.3 is 0 Å². The van der Waals surface area contributed by atoms with Gasteiger partial charge >= 0.3 is 0 Å². The maximum absolute atomic E-state index is 3.40. The molecule has 1 fully saturated rings. The van der Waals surface area contributed by atoms with E-state index in [-0.39, 0.29) is 0 Å². The lowest BCUT2D eigenvalue weighted by Crippen LogP contribution is -2.04. The van der Waals surface area contributed by atoms with E-state index in [2.05, 4.69) is 36.4 Å². The van der Waals surface area contributed by atoms with Crippen molar-refractivity contribution in [2.75, 3.05) is 0 Å². The summed E-state index contributed by atoms with van der Waals surface area (Å²) >= 11 is 0. The Hall–Kier alpha value is -1.56. The molecule has 2 unspecified atom stereocenters. The van der Waals surface area contributed by atoms with E-state index in [1.54, 1.807) is 0 Å². The minimum atomic E-state index is 0.634. The van der Waals surface area contributed by atoms with Gasteiger partial charge in [-0.1, -0.05) is 55.0 Å². The van der Waals surface area contributed by atoms with Crippen LogP contribution in [0.1, 0.15) is 42.2 Å². The van der Waals surface area contributed by atoms with E-state index in [9.17, 15) is 0 Å². The van der Waals surface area contributed by atoms with Crippen molar-refractivity contribution in [3.8, 4) is 0 Å². The third-order valence-electron chi connectivity index (χ3n) is 3.78. The second-order valence-electron chi connectivity index (χ2n) is 4.78. The van der Waals surface area contributed by atoms with Crippen molar-refractivity contribution in [1.82, 2.24) is 0 Å². The van der Waals surface area contributed by atoms with Gasteiger partial charge in [-0.15, -0.1) is 0 Å². The van der Waals surface area contributed by atoms with Gasteiger partial charge in [0.25, 0.3) is 0 Å². The third kappa shape index (κ3) is 2.12. The van der Waals surface area contributed by atoms with Crippen LogP contribution in [0.15, 0.2) is 48.5 Å². The molecule has 1 aliphatic rings. The predicted molar refractivity (Wildman–Crippen MR) is 69.9 cm³/mol. The SMILES string of the molecule is [c]1ccccc1C1CCCC1c1[c]cccc1. The Morgan fingerprint density at radius 1 is 0.765 bits per heavy atom. The Kier molecular flexibility index (Phi) is 2.96. The molecule has 0 aromatic heterocycles. The van der Waals surface area contributed by atoms with Crippen LogP contribution in [-0.4, -0.2) is 0 Å². The molecule has 84 valence electrons. The van der Waals surface area contributed by atoms with Gasteiger partial charge in [0.05, 0.1) is 0 Å². The summed E-state index contributed by atoms with van der Waals surface area (Å²) in [5, 5.41) is 0. The van der Waals surface area contributed by atoms with Crippen molar-refractivity contribution in [2.45, 2.75) is 31.1 Å². The Balaban J connectivity index is 1.91. The zero-order chi connectivity index (χ0) is 11.5. The largest absolute Gasteiger partial charge is 0.0619 e. The molecule has 0 heterocycles. The van der Waals surface area contributed by atoms with Crippen molar-refractivity contribution in [3.05, 3.63) is 71.8 Å². The molecule has 0 saturated heterocycles. The maximum Gasteiger partial charge on any atom is -0.00867 e. The topological polar surface area (TPSA) is 0 Å². The fourth-order valence-electron chi connectivity index (χ4n) is 2.98. The molecule has 0 amide bonds. The van der Waals surface area contributed by atoms with E-state index < -0.39 is 0 Å². The van der Waals surface area contributed by atoms with Crippen LogP contribution in [0.3, 0.4) is 0 Å². The van der Waals surface area contributed by atoms with Gasteiger partial charge in [-0.2, -0.15) is 0 Å². The lowest BCUT2D eigenvalue weighted by molar-refractivity contribution is 0.622. The van der Waals surface area contributed by atoms with Crippen LogP contribution in [-0.2, 0) is 0 Å². The van der Waals surface area contributed by atoms with E-state index in [4.69, 9.17) is 0 Å². The zero-order valence-corrected chi connectivity index (χ0v) is 9.89. The number of hydrogen-bond donors (Lipinski definition) is 0. The van der Waals surface area contributed by atoms with E-state index in [1.807, 2.05) is 24.3 Å². The molecule has 1 aliphatic carbocycles. The molecule has 0 bridgehead atoms. The highest BCUT2D eigenvalue weighted by Crippen LogP contribution is 2.45. The molecule has 0 spiro atoms. The van der Waals surface area contributed by atoms with Gasteiger partial charge in [0.1, 0.15) is 0 Å². The van der Waals surface area contributed by atoms with Crippen molar-refractivity contribution < 1.29 is 0 Å². The first-order chi connectivity index (χ1) is 8.45. The van der Waals surface area contributed by atoms with E-state index in [1.165, 1.54) is 30.4 Å². The molecule has 3 rings (SSSR count). The second-order valence-corrected chi connectivity index (χ2v) is 4.78. The Morgan fingerprint density at radius 3 is 1.71 bits per heavy atom. The van der Waals surface area contributed by atoms with Crippen LogP contribution in [0.2, 0.25) is 0 Å². The van der Waals surface area contributed by atoms with Crippen LogP contribution in [0.25, 0.3) is 0 Å². The fraction of sp³-hybridized carbons (Fsp3) is 0.294. The van der Waals surface area contributed by atoms with Gasteiger partial charge in [0, 0.05) is 0 Å². The van der Waals surface area contributed by atoms with Gasteiger partial charge in [-0.05, 0) is 47.9 Å². The number of hydrogen-bond acceptors (Lipinski definition) is 0. The lowest BCUT2D eigenvalue weighted by atomic mass is 9.84. The van der Waals surface area contributed by atoms with E-state index >= 15 is 0 Å². The highest BCUT2D eigenvalue weighted by atomic mass is 14.3. The first kappa shape index (κ1) is 10.6.